The first-order valence-electron chi connectivity index (χ1n) is 9.27. The Morgan fingerprint density at radius 1 is 0.926 bits per heavy atom. The number of rotatable bonds is 13. The van der Waals surface area contributed by atoms with E-state index in [-0.39, 0.29) is 5.97 Å². The van der Waals surface area contributed by atoms with E-state index in [1.54, 1.807) is 6.92 Å². The monoisotopic (exact) mass is 446 g/mol. The minimum atomic E-state index is -2.55. The summed E-state index contributed by atoms with van der Waals surface area (Å²) < 4.78 is 24.5. The van der Waals surface area contributed by atoms with Crippen LogP contribution in [0.25, 0.3) is 0 Å². The molecule has 0 radical (unpaired) electrons. The van der Waals surface area contributed by atoms with Gasteiger partial charge in [-0.3, -0.25) is 0 Å². The second-order valence-electron chi connectivity index (χ2n) is 8.51. The van der Waals surface area contributed by atoms with Crippen molar-refractivity contribution in [1.29, 1.82) is 0 Å². The van der Waals surface area contributed by atoms with Crippen molar-refractivity contribution in [3.8, 4) is 0 Å². The molecule has 0 aromatic rings. The quantitative estimate of drug-likeness (QED) is 0.169. The van der Waals surface area contributed by atoms with Crippen LogP contribution >= 0.6 is 0 Å². The molecule has 0 rings (SSSR count). The maximum absolute atomic E-state index is 11.4. The number of hydrogen-bond donors (Lipinski definition) is 0. The number of esters is 1. The molecule has 0 aromatic carbocycles. The van der Waals surface area contributed by atoms with Gasteiger partial charge in [0.25, 0.3) is 0 Å². The SMILES string of the molecule is C=C[Si](C)(C)O[Si](C)(C=C)O[Si](C)(C)O[Si](C)(C)CCCOC(=O)C(=C)C. The lowest BCUT2D eigenvalue weighted by Gasteiger charge is -2.40. The van der Waals surface area contributed by atoms with Gasteiger partial charge in [0.2, 0.25) is 0 Å². The first-order valence-corrected chi connectivity index (χ1v) is 20.6. The molecule has 0 N–H and O–H groups in total. The second kappa shape index (κ2) is 10.3. The van der Waals surface area contributed by atoms with Crippen molar-refractivity contribution in [2.24, 2.45) is 0 Å². The largest absolute Gasteiger partial charge is 0.462 e. The maximum atomic E-state index is 11.4. The summed E-state index contributed by atoms with van der Waals surface area (Å²) in [5.41, 5.74) is 4.16. The molecule has 0 fully saturated rings. The Morgan fingerprint density at radius 2 is 1.48 bits per heavy atom. The van der Waals surface area contributed by atoms with Crippen LogP contribution in [0.15, 0.2) is 36.7 Å². The van der Waals surface area contributed by atoms with Crippen molar-refractivity contribution in [3.05, 3.63) is 36.7 Å². The van der Waals surface area contributed by atoms with E-state index in [4.69, 9.17) is 17.1 Å². The minimum absolute atomic E-state index is 0.340. The number of carbonyl (C=O) groups is 1. The van der Waals surface area contributed by atoms with E-state index in [9.17, 15) is 4.79 Å². The molecule has 0 spiro atoms. The van der Waals surface area contributed by atoms with Crippen molar-refractivity contribution < 1.29 is 21.9 Å². The molecule has 0 heterocycles. The average Bonchev–Trinajstić information content (AvgIpc) is 2.48. The molecule has 9 heteroatoms. The third-order valence-corrected chi connectivity index (χ3v) is 18.6. The molecule has 0 aromatic heterocycles. The van der Waals surface area contributed by atoms with Gasteiger partial charge < -0.3 is 17.1 Å². The van der Waals surface area contributed by atoms with Crippen LogP contribution < -0.4 is 0 Å². The van der Waals surface area contributed by atoms with E-state index in [1.165, 1.54) is 0 Å². The third kappa shape index (κ3) is 11.1. The zero-order valence-electron chi connectivity index (χ0n) is 18.4. The molecule has 5 nitrogen and oxygen atoms in total. The van der Waals surface area contributed by atoms with E-state index in [0.717, 1.165) is 12.5 Å². The van der Waals surface area contributed by atoms with Gasteiger partial charge in [-0.25, -0.2) is 4.79 Å². The van der Waals surface area contributed by atoms with Crippen LogP contribution in [0.1, 0.15) is 13.3 Å². The van der Waals surface area contributed by atoms with E-state index in [0.29, 0.717) is 12.2 Å². The first-order chi connectivity index (χ1) is 12.1. The van der Waals surface area contributed by atoms with Crippen LogP contribution in [-0.4, -0.2) is 46.3 Å². The van der Waals surface area contributed by atoms with Crippen molar-refractivity contribution in [3.63, 3.8) is 0 Å². The molecule has 0 amide bonds. The Hall–Kier alpha value is -0.562. The van der Waals surface area contributed by atoms with Gasteiger partial charge in [-0.05, 0) is 65.2 Å². The van der Waals surface area contributed by atoms with E-state index in [1.807, 2.05) is 17.9 Å². The van der Waals surface area contributed by atoms with E-state index >= 15 is 0 Å². The van der Waals surface area contributed by atoms with Crippen LogP contribution in [0, 0.1) is 0 Å². The van der Waals surface area contributed by atoms with Crippen LogP contribution in [0.4, 0.5) is 0 Å². The van der Waals surface area contributed by atoms with E-state index in [2.05, 4.69) is 59.0 Å². The molecule has 0 saturated carbocycles. The summed E-state index contributed by atoms with van der Waals surface area (Å²) in [6.45, 7) is 28.1. The normalized spacial score (nSPS) is 15.0. The van der Waals surface area contributed by atoms with Gasteiger partial charge in [0, 0.05) is 5.57 Å². The fraction of sp³-hybridized carbons (Fsp3) is 0.611. The predicted octanol–water partition coefficient (Wildman–Crippen LogP) is 5.18. The molecule has 0 aliphatic carbocycles. The Balaban J connectivity index is 4.80. The first kappa shape index (κ1) is 26.4. The maximum Gasteiger partial charge on any atom is 0.342 e. The Morgan fingerprint density at radius 3 is 1.93 bits per heavy atom. The summed E-state index contributed by atoms with van der Waals surface area (Å²) >= 11 is 0. The van der Waals surface area contributed by atoms with Gasteiger partial charge in [-0.15, -0.1) is 13.2 Å². The lowest BCUT2D eigenvalue weighted by molar-refractivity contribution is -0.138. The van der Waals surface area contributed by atoms with Gasteiger partial charge in [0.1, 0.15) is 0 Å². The van der Waals surface area contributed by atoms with Crippen LogP contribution in [-0.2, 0) is 21.9 Å². The van der Waals surface area contributed by atoms with Crippen molar-refractivity contribution in [2.45, 2.75) is 65.2 Å². The number of hydrogen-bond acceptors (Lipinski definition) is 5. The molecule has 0 bridgehead atoms. The summed E-state index contributed by atoms with van der Waals surface area (Å²) in [6.07, 6.45) is 0.770. The highest BCUT2D eigenvalue weighted by atomic mass is 28.5. The lowest BCUT2D eigenvalue weighted by atomic mass is 10.4. The summed E-state index contributed by atoms with van der Waals surface area (Å²) in [6, 6.07) is 0.885. The molecule has 156 valence electrons. The summed E-state index contributed by atoms with van der Waals surface area (Å²) in [5.74, 6) is -0.340. The Bertz CT molecular complexity index is 560. The fourth-order valence-electron chi connectivity index (χ4n) is 2.68. The third-order valence-electron chi connectivity index (χ3n) is 3.80. The molecule has 0 aliphatic heterocycles. The average molecular weight is 447 g/mol. The van der Waals surface area contributed by atoms with Crippen LogP contribution in [0.5, 0.6) is 0 Å². The molecule has 1 atom stereocenters. The van der Waals surface area contributed by atoms with Crippen molar-refractivity contribution in [1.82, 2.24) is 0 Å². The van der Waals surface area contributed by atoms with Crippen LogP contribution in [0.2, 0.25) is 51.9 Å². The number of ether oxygens (including phenoxy) is 1. The topological polar surface area (TPSA) is 54.0 Å². The molecule has 0 aliphatic rings. The summed E-state index contributed by atoms with van der Waals surface area (Å²) in [4.78, 5) is 11.4. The van der Waals surface area contributed by atoms with E-state index < -0.39 is 33.8 Å². The summed E-state index contributed by atoms with van der Waals surface area (Å²) in [5, 5.41) is 0. The Labute approximate surface area is 170 Å². The highest BCUT2D eigenvalue weighted by molar-refractivity contribution is 6.92. The standard InChI is InChI=1S/C18H38O5Si4/c1-12-24(5,6)22-27(11,13-2)23-26(9,10)21-25(7,8)16-14-15-20-18(19)17(3)4/h12-13H,1-3,14-16H2,4-11H3. The van der Waals surface area contributed by atoms with Crippen LogP contribution in [0.3, 0.4) is 0 Å². The van der Waals surface area contributed by atoms with Gasteiger partial charge in [-0.1, -0.05) is 18.0 Å². The zero-order valence-corrected chi connectivity index (χ0v) is 22.4. The van der Waals surface area contributed by atoms with Crippen molar-refractivity contribution >= 4 is 39.7 Å². The Kier molecular flexibility index (Phi) is 10.1. The summed E-state index contributed by atoms with van der Waals surface area (Å²) in [7, 11) is -8.92. The van der Waals surface area contributed by atoms with Gasteiger partial charge >= 0.3 is 23.1 Å². The predicted molar refractivity (Wildman–Crippen MR) is 123 cm³/mol. The molecular formula is C18H38O5Si4. The molecule has 0 saturated heterocycles. The second-order valence-corrected chi connectivity index (χ2v) is 23.8. The van der Waals surface area contributed by atoms with Gasteiger partial charge in [0.15, 0.2) is 16.6 Å². The molecular weight excluding hydrogens is 409 g/mol. The fourth-order valence-corrected chi connectivity index (χ4v) is 19.6. The molecule has 1 unspecified atom stereocenters. The zero-order chi connectivity index (χ0) is 21.5. The van der Waals surface area contributed by atoms with Gasteiger partial charge in [-0.2, -0.15) is 0 Å². The van der Waals surface area contributed by atoms with Crippen molar-refractivity contribution in [2.75, 3.05) is 6.61 Å². The lowest BCUT2D eigenvalue weighted by Crippen LogP contribution is -2.56. The molecule has 27 heavy (non-hydrogen) atoms. The minimum Gasteiger partial charge on any atom is -0.462 e. The number of carbonyl (C=O) groups excluding carboxylic acids is 1. The van der Waals surface area contributed by atoms with Gasteiger partial charge in [0.05, 0.1) is 6.61 Å². The highest BCUT2D eigenvalue weighted by Gasteiger charge is 2.43. The highest BCUT2D eigenvalue weighted by Crippen LogP contribution is 2.26. The smallest absolute Gasteiger partial charge is 0.342 e.